The van der Waals surface area contributed by atoms with Gasteiger partial charge in [0.1, 0.15) is 29.7 Å². The van der Waals surface area contributed by atoms with Crippen LogP contribution in [0.25, 0.3) is 0 Å². The van der Waals surface area contributed by atoms with Gasteiger partial charge in [0.25, 0.3) is 0 Å². The SMILES string of the molecule is N#CC(C#N)=C(C#N)Nc1cc(Br)c(Br)cc1F. The first-order valence-electron chi connectivity index (χ1n) is 4.39. The zero-order chi connectivity index (χ0) is 13.7. The van der Waals surface area contributed by atoms with Crippen LogP contribution in [0.2, 0.25) is 0 Å². The summed E-state index contributed by atoms with van der Waals surface area (Å²) in [4.78, 5) is 0. The summed E-state index contributed by atoms with van der Waals surface area (Å²) in [6.45, 7) is 0. The van der Waals surface area contributed by atoms with E-state index in [1.54, 1.807) is 18.2 Å². The highest BCUT2D eigenvalue weighted by atomic mass is 79.9. The topological polar surface area (TPSA) is 83.4 Å². The number of nitrogens with one attached hydrogen (secondary N) is 1. The fourth-order valence-electron chi connectivity index (χ4n) is 1.04. The quantitative estimate of drug-likeness (QED) is 0.637. The molecule has 1 N–H and O–H groups in total. The molecule has 0 spiro atoms. The molecule has 0 aliphatic rings. The van der Waals surface area contributed by atoms with Crippen LogP contribution in [-0.2, 0) is 0 Å². The van der Waals surface area contributed by atoms with Gasteiger partial charge in [-0.1, -0.05) is 0 Å². The van der Waals surface area contributed by atoms with Gasteiger partial charge in [0.2, 0.25) is 0 Å². The Hall–Kier alpha value is -1.88. The largest absolute Gasteiger partial charge is 0.343 e. The molecule has 1 aromatic rings. The molecule has 1 aromatic carbocycles. The molecule has 4 nitrogen and oxygen atoms in total. The van der Waals surface area contributed by atoms with Crippen LogP contribution in [0.15, 0.2) is 32.3 Å². The summed E-state index contributed by atoms with van der Waals surface area (Å²) in [6.07, 6.45) is 0. The van der Waals surface area contributed by atoms with Crippen molar-refractivity contribution in [2.45, 2.75) is 0 Å². The van der Waals surface area contributed by atoms with E-state index in [4.69, 9.17) is 15.8 Å². The van der Waals surface area contributed by atoms with E-state index in [1.165, 1.54) is 12.1 Å². The summed E-state index contributed by atoms with van der Waals surface area (Å²) < 4.78 is 14.7. The van der Waals surface area contributed by atoms with Gasteiger partial charge in [0, 0.05) is 8.95 Å². The first kappa shape index (κ1) is 14.2. The van der Waals surface area contributed by atoms with Crippen molar-refractivity contribution in [3.05, 3.63) is 38.2 Å². The minimum Gasteiger partial charge on any atom is -0.343 e. The van der Waals surface area contributed by atoms with Crippen molar-refractivity contribution >= 4 is 37.5 Å². The Morgan fingerprint density at radius 2 is 1.61 bits per heavy atom. The molecule has 0 unspecified atom stereocenters. The lowest BCUT2D eigenvalue weighted by Crippen LogP contribution is -2.02. The maximum Gasteiger partial charge on any atom is 0.163 e. The molecule has 18 heavy (non-hydrogen) atoms. The number of rotatable bonds is 2. The molecule has 0 saturated carbocycles. The predicted octanol–water partition coefficient (Wildman–Crippen LogP) is 3.59. The number of allylic oxidation sites excluding steroid dienone is 2. The van der Waals surface area contributed by atoms with Crippen LogP contribution in [0.3, 0.4) is 0 Å². The highest BCUT2D eigenvalue weighted by Crippen LogP contribution is 2.29. The van der Waals surface area contributed by atoms with Gasteiger partial charge in [-0.15, -0.1) is 0 Å². The summed E-state index contributed by atoms with van der Waals surface area (Å²) in [5, 5.41) is 28.5. The van der Waals surface area contributed by atoms with Gasteiger partial charge in [0.05, 0.1) is 5.69 Å². The molecule has 0 radical (unpaired) electrons. The Balaban J connectivity index is 3.26. The third kappa shape index (κ3) is 3.07. The number of anilines is 1. The molecular formula is C11H3Br2FN4. The molecule has 1 rings (SSSR count). The van der Waals surface area contributed by atoms with Crippen molar-refractivity contribution in [3.8, 4) is 18.2 Å². The van der Waals surface area contributed by atoms with E-state index in [1.807, 2.05) is 0 Å². The fraction of sp³-hybridized carbons (Fsp3) is 0. The maximum absolute atomic E-state index is 13.6. The zero-order valence-corrected chi connectivity index (χ0v) is 11.8. The molecule has 0 aliphatic carbocycles. The molecule has 0 saturated heterocycles. The highest BCUT2D eigenvalue weighted by molar-refractivity contribution is 9.13. The van der Waals surface area contributed by atoms with Crippen molar-refractivity contribution in [1.82, 2.24) is 0 Å². The summed E-state index contributed by atoms with van der Waals surface area (Å²) >= 11 is 6.30. The van der Waals surface area contributed by atoms with Crippen molar-refractivity contribution in [2.24, 2.45) is 0 Å². The zero-order valence-electron chi connectivity index (χ0n) is 8.63. The Kier molecular flexibility index (Phi) is 4.85. The number of hydrogen-bond acceptors (Lipinski definition) is 4. The molecule has 0 amide bonds. The second kappa shape index (κ2) is 6.16. The number of nitriles is 3. The smallest absolute Gasteiger partial charge is 0.163 e. The van der Waals surface area contributed by atoms with Gasteiger partial charge in [-0.05, 0) is 44.0 Å². The van der Waals surface area contributed by atoms with Crippen LogP contribution < -0.4 is 5.32 Å². The van der Waals surface area contributed by atoms with Gasteiger partial charge in [-0.2, -0.15) is 15.8 Å². The number of hydrogen-bond donors (Lipinski definition) is 1. The first-order valence-corrected chi connectivity index (χ1v) is 5.98. The van der Waals surface area contributed by atoms with E-state index in [-0.39, 0.29) is 11.4 Å². The summed E-state index contributed by atoms with van der Waals surface area (Å²) in [5.74, 6) is -0.618. The average molecular weight is 370 g/mol. The normalized spacial score (nSPS) is 8.67. The fourth-order valence-corrected chi connectivity index (χ4v) is 1.70. The number of nitrogens with zero attached hydrogens (tertiary/aromatic N) is 3. The molecule has 0 atom stereocenters. The lowest BCUT2D eigenvalue weighted by molar-refractivity contribution is 0.630. The lowest BCUT2D eigenvalue weighted by atomic mass is 10.2. The molecule has 0 fully saturated rings. The standard InChI is InChI=1S/C11H3Br2FN4/c12-7-1-9(14)10(2-8(7)13)18-11(5-17)6(3-15)4-16/h1-2,18H. The van der Waals surface area contributed by atoms with E-state index in [0.717, 1.165) is 0 Å². The van der Waals surface area contributed by atoms with E-state index >= 15 is 0 Å². The van der Waals surface area contributed by atoms with Crippen LogP contribution in [0.1, 0.15) is 0 Å². The number of halogens is 3. The molecule has 0 aliphatic heterocycles. The van der Waals surface area contributed by atoms with Crippen molar-refractivity contribution in [1.29, 1.82) is 15.8 Å². The van der Waals surface area contributed by atoms with Gasteiger partial charge in [-0.3, -0.25) is 0 Å². The predicted molar refractivity (Wildman–Crippen MR) is 69.3 cm³/mol. The van der Waals surface area contributed by atoms with Crippen molar-refractivity contribution < 1.29 is 4.39 Å². The minimum absolute atomic E-state index is 0.00961. The van der Waals surface area contributed by atoms with Gasteiger partial charge < -0.3 is 5.32 Å². The molecular weight excluding hydrogens is 367 g/mol. The minimum atomic E-state index is -0.618. The molecule has 0 aromatic heterocycles. The Morgan fingerprint density at radius 3 is 2.11 bits per heavy atom. The van der Waals surface area contributed by atoms with Gasteiger partial charge in [-0.25, -0.2) is 4.39 Å². The van der Waals surface area contributed by atoms with Gasteiger partial charge in [0.15, 0.2) is 5.57 Å². The third-order valence-electron chi connectivity index (χ3n) is 1.86. The van der Waals surface area contributed by atoms with E-state index in [2.05, 4.69) is 37.2 Å². The van der Waals surface area contributed by atoms with Crippen LogP contribution in [0.4, 0.5) is 10.1 Å². The lowest BCUT2D eigenvalue weighted by Gasteiger charge is -2.07. The van der Waals surface area contributed by atoms with Crippen LogP contribution in [0.5, 0.6) is 0 Å². The van der Waals surface area contributed by atoms with Crippen molar-refractivity contribution in [3.63, 3.8) is 0 Å². The molecule has 0 bridgehead atoms. The van der Waals surface area contributed by atoms with E-state index < -0.39 is 11.4 Å². The van der Waals surface area contributed by atoms with Gasteiger partial charge >= 0.3 is 0 Å². The monoisotopic (exact) mass is 368 g/mol. The van der Waals surface area contributed by atoms with E-state index in [9.17, 15) is 4.39 Å². The first-order chi connectivity index (χ1) is 8.53. The van der Waals surface area contributed by atoms with Crippen molar-refractivity contribution in [2.75, 3.05) is 5.32 Å². The van der Waals surface area contributed by atoms with Crippen LogP contribution in [0, 0.1) is 39.8 Å². The maximum atomic E-state index is 13.6. The second-order valence-electron chi connectivity index (χ2n) is 2.96. The summed E-state index contributed by atoms with van der Waals surface area (Å²) in [6, 6.07) is 7.35. The summed E-state index contributed by atoms with van der Waals surface area (Å²) in [7, 11) is 0. The summed E-state index contributed by atoms with van der Waals surface area (Å²) in [5.41, 5.74) is -0.714. The average Bonchev–Trinajstić information content (AvgIpc) is 2.35. The Bertz CT molecular complexity index is 631. The number of benzene rings is 1. The Morgan fingerprint density at radius 1 is 1.06 bits per heavy atom. The van der Waals surface area contributed by atoms with Crippen LogP contribution >= 0.6 is 31.9 Å². The Labute approximate surface area is 119 Å². The second-order valence-corrected chi connectivity index (χ2v) is 4.67. The molecule has 7 heteroatoms. The molecule has 0 heterocycles. The van der Waals surface area contributed by atoms with E-state index in [0.29, 0.717) is 8.95 Å². The van der Waals surface area contributed by atoms with Crippen LogP contribution in [-0.4, -0.2) is 0 Å². The third-order valence-corrected chi connectivity index (χ3v) is 3.70. The highest BCUT2D eigenvalue weighted by Gasteiger charge is 2.11. The molecule has 88 valence electrons.